The summed E-state index contributed by atoms with van der Waals surface area (Å²) in [4.78, 5) is 11.0. The SMILES string of the molecule is CC(COC(=O)OC(C)CCl)OCCO. The molecule has 0 aliphatic rings. The minimum absolute atomic E-state index is 0.0575. The van der Waals surface area contributed by atoms with Crippen LogP contribution in [0.3, 0.4) is 0 Å². The number of carbonyl (C=O) groups is 1. The summed E-state index contributed by atoms with van der Waals surface area (Å²) in [6.07, 6.45) is -1.40. The molecule has 0 aliphatic heterocycles. The van der Waals surface area contributed by atoms with Crippen LogP contribution in [0.2, 0.25) is 0 Å². The molecule has 0 heterocycles. The maximum atomic E-state index is 11.0. The van der Waals surface area contributed by atoms with Crippen LogP contribution >= 0.6 is 11.6 Å². The Kier molecular flexibility index (Phi) is 8.46. The van der Waals surface area contributed by atoms with Crippen molar-refractivity contribution in [2.75, 3.05) is 25.7 Å². The first-order valence-electron chi connectivity index (χ1n) is 4.72. The normalized spacial score (nSPS) is 14.4. The van der Waals surface area contributed by atoms with Crippen molar-refractivity contribution >= 4 is 17.8 Å². The molecule has 1 N–H and O–H groups in total. The van der Waals surface area contributed by atoms with Crippen molar-refractivity contribution in [1.29, 1.82) is 0 Å². The van der Waals surface area contributed by atoms with Gasteiger partial charge in [-0.15, -0.1) is 11.6 Å². The van der Waals surface area contributed by atoms with Crippen LogP contribution in [0.4, 0.5) is 4.79 Å². The van der Waals surface area contributed by atoms with Gasteiger partial charge < -0.3 is 19.3 Å². The van der Waals surface area contributed by atoms with Gasteiger partial charge in [0, 0.05) is 0 Å². The minimum atomic E-state index is -0.761. The summed E-state index contributed by atoms with van der Waals surface area (Å²) in [6.45, 7) is 3.65. The summed E-state index contributed by atoms with van der Waals surface area (Å²) in [6, 6.07) is 0. The van der Waals surface area contributed by atoms with Crippen LogP contribution in [0, 0.1) is 0 Å². The summed E-state index contributed by atoms with van der Waals surface area (Å²) in [5.41, 5.74) is 0. The van der Waals surface area contributed by atoms with Crippen molar-refractivity contribution in [3.63, 3.8) is 0 Å². The van der Waals surface area contributed by atoms with Crippen LogP contribution in [-0.2, 0) is 14.2 Å². The van der Waals surface area contributed by atoms with Gasteiger partial charge >= 0.3 is 6.16 Å². The van der Waals surface area contributed by atoms with Crippen molar-refractivity contribution in [3.05, 3.63) is 0 Å². The molecular weight excluding hydrogens is 224 g/mol. The molecule has 0 saturated carbocycles. The van der Waals surface area contributed by atoms with E-state index in [1.807, 2.05) is 0 Å². The fourth-order valence-electron chi connectivity index (χ4n) is 0.717. The van der Waals surface area contributed by atoms with E-state index in [1.54, 1.807) is 13.8 Å². The van der Waals surface area contributed by atoms with Gasteiger partial charge in [0.05, 0.1) is 25.2 Å². The van der Waals surface area contributed by atoms with Crippen LogP contribution < -0.4 is 0 Å². The summed E-state index contributed by atoms with van der Waals surface area (Å²) < 4.78 is 14.6. The topological polar surface area (TPSA) is 65.0 Å². The number of hydrogen-bond donors (Lipinski definition) is 1. The first-order valence-corrected chi connectivity index (χ1v) is 5.25. The Labute approximate surface area is 94.3 Å². The van der Waals surface area contributed by atoms with Crippen LogP contribution in [-0.4, -0.2) is 49.2 Å². The molecule has 2 atom stereocenters. The number of hydrogen-bond acceptors (Lipinski definition) is 5. The Bertz CT molecular complexity index is 176. The average Bonchev–Trinajstić information content (AvgIpc) is 2.23. The lowest BCUT2D eigenvalue weighted by atomic mass is 10.4. The highest BCUT2D eigenvalue weighted by Gasteiger charge is 2.11. The van der Waals surface area contributed by atoms with E-state index in [0.29, 0.717) is 0 Å². The van der Waals surface area contributed by atoms with Gasteiger partial charge in [0.1, 0.15) is 12.7 Å². The highest BCUT2D eigenvalue weighted by Crippen LogP contribution is 1.99. The highest BCUT2D eigenvalue weighted by molar-refractivity contribution is 6.18. The molecule has 0 radical (unpaired) electrons. The number of carbonyl (C=O) groups excluding carboxylic acids is 1. The summed E-state index contributed by atoms with van der Waals surface area (Å²) in [7, 11) is 0. The van der Waals surface area contributed by atoms with Gasteiger partial charge in [0.15, 0.2) is 0 Å². The number of rotatable bonds is 7. The molecule has 0 amide bonds. The molecule has 0 aliphatic carbocycles. The van der Waals surface area contributed by atoms with Gasteiger partial charge in [0.2, 0.25) is 0 Å². The summed E-state index contributed by atoms with van der Waals surface area (Å²) in [5.74, 6) is 0.228. The molecule has 0 aromatic heterocycles. The molecule has 90 valence electrons. The third-order valence-electron chi connectivity index (χ3n) is 1.44. The lowest BCUT2D eigenvalue weighted by Crippen LogP contribution is -2.23. The molecule has 0 bridgehead atoms. The van der Waals surface area contributed by atoms with E-state index < -0.39 is 6.16 Å². The van der Waals surface area contributed by atoms with Crippen LogP contribution in [0.25, 0.3) is 0 Å². The number of aliphatic hydroxyl groups excluding tert-OH is 1. The fraction of sp³-hybridized carbons (Fsp3) is 0.889. The Morgan fingerprint density at radius 1 is 1.40 bits per heavy atom. The van der Waals surface area contributed by atoms with Gasteiger partial charge in [-0.3, -0.25) is 0 Å². The van der Waals surface area contributed by atoms with Gasteiger partial charge in [-0.1, -0.05) is 0 Å². The number of alkyl halides is 1. The predicted octanol–water partition coefficient (Wildman–Crippen LogP) is 1.16. The molecule has 0 aromatic rings. The fourth-order valence-corrected chi connectivity index (χ4v) is 0.780. The van der Waals surface area contributed by atoms with Crippen molar-refractivity contribution < 1.29 is 24.1 Å². The molecule has 0 spiro atoms. The molecule has 0 fully saturated rings. The summed E-state index contributed by atoms with van der Waals surface area (Å²) >= 11 is 5.44. The van der Waals surface area contributed by atoms with Gasteiger partial charge in [-0.05, 0) is 13.8 Å². The lowest BCUT2D eigenvalue weighted by Gasteiger charge is -2.14. The van der Waals surface area contributed by atoms with E-state index >= 15 is 0 Å². The van der Waals surface area contributed by atoms with Crippen molar-refractivity contribution in [3.8, 4) is 0 Å². The number of aliphatic hydroxyl groups is 1. The van der Waals surface area contributed by atoms with E-state index in [9.17, 15) is 4.79 Å². The van der Waals surface area contributed by atoms with Gasteiger partial charge in [-0.25, -0.2) is 4.79 Å². The van der Waals surface area contributed by atoms with Crippen molar-refractivity contribution in [2.24, 2.45) is 0 Å². The second kappa shape index (κ2) is 8.76. The Morgan fingerprint density at radius 2 is 2.07 bits per heavy atom. The Morgan fingerprint density at radius 3 is 2.60 bits per heavy atom. The second-order valence-corrected chi connectivity index (χ2v) is 3.36. The zero-order valence-electron chi connectivity index (χ0n) is 8.94. The molecule has 0 saturated heterocycles. The third-order valence-corrected chi connectivity index (χ3v) is 1.88. The number of halogens is 1. The monoisotopic (exact) mass is 240 g/mol. The van der Waals surface area contributed by atoms with E-state index in [1.165, 1.54) is 0 Å². The van der Waals surface area contributed by atoms with Crippen LogP contribution in [0.15, 0.2) is 0 Å². The molecule has 2 unspecified atom stereocenters. The van der Waals surface area contributed by atoms with Crippen LogP contribution in [0.1, 0.15) is 13.8 Å². The van der Waals surface area contributed by atoms with Crippen LogP contribution in [0.5, 0.6) is 0 Å². The van der Waals surface area contributed by atoms with E-state index in [-0.39, 0.29) is 37.9 Å². The van der Waals surface area contributed by atoms with E-state index in [0.717, 1.165) is 0 Å². The molecule has 15 heavy (non-hydrogen) atoms. The van der Waals surface area contributed by atoms with Gasteiger partial charge in [0.25, 0.3) is 0 Å². The zero-order chi connectivity index (χ0) is 11.7. The third kappa shape index (κ3) is 8.47. The maximum absolute atomic E-state index is 11.0. The quantitative estimate of drug-likeness (QED) is 0.535. The average molecular weight is 241 g/mol. The molecular formula is C9H17ClO5. The first kappa shape index (κ1) is 14.5. The van der Waals surface area contributed by atoms with Crippen molar-refractivity contribution in [1.82, 2.24) is 0 Å². The van der Waals surface area contributed by atoms with E-state index in [4.69, 9.17) is 30.9 Å². The Hall–Kier alpha value is -0.520. The predicted molar refractivity (Wildman–Crippen MR) is 55.1 cm³/mol. The smallest absolute Gasteiger partial charge is 0.432 e. The van der Waals surface area contributed by atoms with E-state index in [2.05, 4.69) is 0 Å². The molecule has 0 rings (SSSR count). The molecule has 0 aromatic carbocycles. The Balaban J connectivity index is 3.52. The molecule has 6 heteroatoms. The zero-order valence-corrected chi connectivity index (χ0v) is 9.70. The first-order chi connectivity index (χ1) is 7.10. The molecule has 5 nitrogen and oxygen atoms in total. The second-order valence-electron chi connectivity index (χ2n) is 3.05. The number of ether oxygens (including phenoxy) is 3. The standard InChI is InChI=1S/C9H17ClO5/c1-7(5-10)15-9(12)14-6-8(2)13-4-3-11/h7-8,11H,3-6H2,1-2H3. The maximum Gasteiger partial charge on any atom is 0.508 e. The lowest BCUT2D eigenvalue weighted by molar-refractivity contribution is -0.0237. The highest BCUT2D eigenvalue weighted by atomic mass is 35.5. The summed E-state index contributed by atoms with van der Waals surface area (Å²) in [5, 5.41) is 8.47. The minimum Gasteiger partial charge on any atom is -0.432 e. The van der Waals surface area contributed by atoms with Crippen molar-refractivity contribution in [2.45, 2.75) is 26.1 Å². The largest absolute Gasteiger partial charge is 0.508 e. The van der Waals surface area contributed by atoms with Gasteiger partial charge in [-0.2, -0.15) is 0 Å².